The van der Waals surface area contributed by atoms with Crippen molar-refractivity contribution in [1.29, 1.82) is 0 Å². The largest absolute Gasteiger partial charge is 0.376 e. The predicted octanol–water partition coefficient (Wildman–Crippen LogP) is 2.17. The highest BCUT2D eigenvalue weighted by molar-refractivity contribution is 5.25. The van der Waals surface area contributed by atoms with Gasteiger partial charge in [0.2, 0.25) is 0 Å². The van der Waals surface area contributed by atoms with E-state index < -0.39 is 29.6 Å². The Hall–Kier alpha value is -1.11. The minimum absolute atomic E-state index is 0.209. The fourth-order valence-electron chi connectivity index (χ4n) is 2.19. The zero-order valence-electron chi connectivity index (χ0n) is 10.6. The second-order valence-electron chi connectivity index (χ2n) is 4.30. The van der Waals surface area contributed by atoms with Crippen LogP contribution in [0.25, 0.3) is 0 Å². The van der Waals surface area contributed by atoms with Crippen molar-refractivity contribution in [1.82, 2.24) is 5.32 Å². The number of hydrogen-bond donors (Lipinski definition) is 1. The summed E-state index contributed by atoms with van der Waals surface area (Å²) in [7, 11) is 0. The number of nitrogens with one attached hydrogen (secondary N) is 1. The molecule has 1 aliphatic rings. The summed E-state index contributed by atoms with van der Waals surface area (Å²) < 4.78 is 51.3. The average molecular weight is 275 g/mol. The van der Waals surface area contributed by atoms with E-state index >= 15 is 0 Å². The highest BCUT2D eigenvalue weighted by atomic mass is 19.1. The fraction of sp³-hybridized carbons (Fsp3) is 0.538. The van der Waals surface area contributed by atoms with Crippen molar-refractivity contribution < 1.29 is 22.6 Å². The molecule has 6 heteroatoms. The molecule has 0 aromatic heterocycles. The van der Waals surface area contributed by atoms with Gasteiger partial charge < -0.3 is 14.8 Å². The number of halogens is 3. The second kappa shape index (κ2) is 6.36. The van der Waals surface area contributed by atoms with E-state index in [1.54, 1.807) is 0 Å². The van der Waals surface area contributed by atoms with Gasteiger partial charge >= 0.3 is 0 Å². The van der Waals surface area contributed by atoms with Gasteiger partial charge in [0.25, 0.3) is 0 Å². The van der Waals surface area contributed by atoms with Gasteiger partial charge in [-0.1, -0.05) is 6.92 Å². The Morgan fingerprint density at radius 3 is 2.47 bits per heavy atom. The molecule has 2 atom stereocenters. The maximum atomic E-state index is 13.8. The van der Waals surface area contributed by atoms with Crippen LogP contribution in [0, 0.1) is 17.5 Å². The third-order valence-corrected chi connectivity index (χ3v) is 2.99. The zero-order valence-corrected chi connectivity index (χ0v) is 10.6. The molecule has 0 radical (unpaired) electrons. The van der Waals surface area contributed by atoms with Crippen LogP contribution >= 0.6 is 0 Å². The average Bonchev–Trinajstić information content (AvgIpc) is 2.37. The van der Waals surface area contributed by atoms with E-state index in [9.17, 15) is 13.2 Å². The summed E-state index contributed by atoms with van der Waals surface area (Å²) in [6.07, 6.45) is -0.497. The summed E-state index contributed by atoms with van der Waals surface area (Å²) in [4.78, 5) is 0. The summed E-state index contributed by atoms with van der Waals surface area (Å²) in [5, 5.41) is 2.96. The van der Waals surface area contributed by atoms with Crippen molar-refractivity contribution in [2.45, 2.75) is 19.1 Å². The van der Waals surface area contributed by atoms with Gasteiger partial charge in [-0.3, -0.25) is 0 Å². The van der Waals surface area contributed by atoms with E-state index in [4.69, 9.17) is 9.47 Å². The van der Waals surface area contributed by atoms with Crippen LogP contribution in [0.2, 0.25) is 0 Å². The smallest absolute Gasteiger partial charge is 0.133 e. The number of rotatable bonds is 4. The summed E-state index contributed by atoms with van der Waals surface area (Å²) in [6.45, 7) is 3.39. The van der Waals surface area contributed by atoms with Gasteiger partial charge in [-0.25, -0.2) is 13.2 Å². The van der Waals surface area contributed by atoms with Gasteiger partial charge in [-0.05, 0) is 6.54 Å². The van der Waals surface area contributed by atoms with Gasteiger partial charge in [0.15, 0.2) is 0 Å². The third kappa shape index (κ3) is 3.26. The molecule has 19 heavy (non-hydrogen) atoms. The molecule has 0 amide bonds. The maximum Gasteiger partial charge on any atom is 0.133 e. The standard InChI is InChI=1S/C13H16F3NO2/c1-2-17-13(11-7-18-3-4-19-11)12-9(15)5-8(14)6-10(12)16/h5-6,11,13,17H,2-4,7H2,1H3. The number of ether oxygens (including phenoxy) is 2. The lowest BCUT2D eigenvalue weighted by atomic mass is 9.99. The molecule has 2 unspecified atom stereocenters. The lowest BCUT2D eigenvalue weighted by Crippen LogP contribution is -2.41. The fourth-order valence-corrected chi connectivity index (χ4v) is 2.19. The van der Waals surface area contributed by atoms with Crippen LogP contribution in [0.5, 0.6) is 0 Å². The van der Waals surface area contributed by atoms with Crippen molar-refractivity contribution in [3.05, 3.63) is 35.1 Å². The normalized spacial score (nSPS) is 21.4. The minimum Gasteiger partial charge on any atom is -0.376 e. The van der Waals surface area contributed by atoms with Crippen LogP contribution < -0.4 is 5.32 Å². The van der Waals surface area contributed by atoms with E-state index in [-0.39, 0.29) is 12.2 Å². The van der Waals surface area contributed by atoms with Gasteiger partial charge in [0.05, 0.1) is 25.9 Å². The Labute approximate surface area is 109 Å². The summed E-state index contributed by atoms with van der Waals surface area (Å²) in [6, 6.07) is 0.643. The molecule has 1 fully saturated rings. The Bertz CT molecular complexity index is 413. The lowest BCUT2D eigenvalue weighted by Gasteiger charge is -2.31. The Kier molecular flexibility index (Phi) is 4.79. The first-order chi connectivity index (χ1) is 9.13. The maximum absolute atomic E-state index is 13.8. The molecule has 0 bridgehead atoms. The summed E-state index contributed by atoms with van der Waals surface area (Å²) in [5.41, 5.74) is -0.209. The van der Waals surface area contributed by atoms with E-state index in [0.717, 1.165) is 0 Å². The van der Waals surface area contributed by atoms with Crippen LogP contribution in [0.15, 0.2) is 12.1 Å². The SMILES string of the molecule is CCNC(c1c(F)cc(F)cc1F)C1COCCO1. The van der Waals surface area contributed by atoms with Crippen molar-refractivity contribution in [3.63, 3.8) is 0 Å². The molecular formula is C13H16F3NO2. The summed E-state index contributed by atoms with van der Waals surface area (Å²) in [5.74, 6) is -2.77. The molecule has 1 saturated heterocycles. The molecule has 1 N–H and O–H groups in total. The number of likely N-dealkylation sites (N-methyl/N-ethyl adjacent to an activating group) is 1. The minimum atomic E-state index is -0.935. The first-order valence-electron chi connectivity index (χ1n) is 6.20. The van der Waals surface area contributed by atoms with Gasteiger partial charge in [0, 0.05) is 17.7 Å². The molecule has 2 rings (SSSR count). The molecule has 1 aliphatic heterocycles. The molecule has 3 nitrogen and oxygen atoms in total. The Balaban J connectivity index is 2.32. The van der Waals surface area contributed by atoms with E-state index in [0.29, 0.717) is 31.9 Å². The van der Waals surface area contributed by atoms with Crippen LogP contribution in [0.3, 0.4) is 0 Å². The zero-order chi connectivity index (χ0) is 13.8. The quantitative estimate of drug-likeness (QED) is 0.913. The predicted molar refractivity (Wildman–Crippen MR) is 63.3 cm³/mol. The molecule has 106 valence electrons. The van der Waals surface area contributed by atoms with Crippen molar-refractivity contribution in [2.24, 2.45) is 0 Å². The Morgan fingerprint density at radius 1 is 1.26 bits per heavy atom. The van der Waals surface area contributed by atoms with Crippen LogP contribution in [0.1, 0.15) is 18.5 Å². The van der Waals surface area contributed by atoms with Crippen molar-refractivity contribution in [2.75, 3.05) is 26.4 Å². The monoisotopic (exact) mass is 275 g/mol. The third-order valence-electron chi connectivity index (χ3n) is 2.99. The highest BCUT2D eigenvalue weighted by Crippen LogP contribution is 2.27. The molecule has 0 saturated carbocycles. The Morgan fingerprint density at radius 2 is 1.95 bits per heavy atom. The number of benzene rings is 1. The van der Waals surface area contributed by atoms with Gasteiger partial charge in [-0.15, -0.1) is 0 Å². The van der Waals surface area contributed by atoms with Crippen molar-refractivity contribution >= 4 is 0 Å². The van der Waals surface area contributed by atoms with E-state index in [1.165, 1.54) is 0 Å². The molecule has 0 aliphatic carbocycles. The molecule has 1 heterocycles. The molecule has 1 aromatic carbocycles. The van der Waals surface area contributed by atoms with E-state index in [2.05, 4.69) is 5.32 Å². The highest BCUT2D eigenvalue weighted by Gasteiger charge is 2.30. The second-order valence-corrected chi connectivity index (χ2v) is 4.30. The van der Waals surface area contributed by atoms with Crippen LogP contribution in [-0.4, -0.2) is 32.5 Å². The first kappa shape index (κ1) is 14.3. The van der Waals surface area contributed by atoms with Crippen LogP contribution in [-0.2, 0) is 9.47 Å². The first-order valence-corrected chi connectivity index (χ1v) is 6.20. The lowest BCUT2D eigenvalue weighted by molar-refractivity contribution is -0.103. The van der Waals surface area contributed by atoms with Crippen LogP contribution in [0.4, 0.5) is 13.2 Å². The molecular weight excluding hydrogens is 259 g/mol. The van der Waals surface area contributed by atoms with E-state index in [1.807, 2.05) is 6.92 Å². The van der Waals surface area contributed by atoms with Crippen molar-refractivity contribution in [3.8, 4) is 0 Å². The molecule has 0 spiro atoms. The topological polar surface area (TPSA) is 30.5 Å². The molecule has 1 aromatic rings. The number of hydrogen-bond acceptors (Lipinski definition) is 3. The summed E-state index contributed by atoms with van der Waals surface area (Å²) >= 11 is 0. The van der Waals surface area contributed by atoms with Gasteiger partial charge in [-0.2, -0.15) is 0 Å². The van der Waals surface area contributed by atoms with Gasteiger partial charge in [0.1, 0.15) is 23.6 Å².